The maximum atomic E-state index is 12.4. The predicted octanol–water partition coefficient (Wildman–Crippen LogP) is 4.72. The molecule has 1 aromatic heterocycles. The first kappa shape index (κ1) is 22.2. The number of carbonyl (C=O) groups excluding carboxylic acids is 3. The lowest BCUT2D eigenvalue weighted by Crippen LogP contribution is -2.22. The van der Waals surface area contributed by atoms with Gasteiger partial charge in [-0.05, 0) is 55.4 Å². The van der Waals surface area contributed by atoms with E-state index in [-0.39, 0.29) is 29.5 Å². The van der Waals surface area contributed by atoms with E-state index < -0.39 is 18.5 Å². The topological polar surface area (TPSA) is 85.4 Å². The van der Waals surface area contributed by atoms with E-state index in [2.05, 4.69) is 10.3 Å². The van der Waals surface area contributed by atoms with Crippen molar-refractivity contribution in [2.24, 2.45) is 0 Å². The summed E-state index contributed by atoms with van der Waals surface area (Å²) in [6.07, 6.45) is 5.66. The van der Waals surface area contributed by atoms with Crippen molar-refractivity contribution in [2.75, 3.05) is 11.9 Å². The summed E-state index contributed by atoms with van der Waals surface area (Å²) in [4.78, 5) is 40.2. The van der Waals surface area contributed by atoms with Crippen LogP contribution in [0.4, 0.5) is 5.82 Å². The Morgan fingerprint density at radius 2 is 1.83 bits per heavy atom. The third-order valence-electron chi connectivity index (χ3n) is 5.05. The van der Waals surface area contributed by atoms with Crippen LogP contribution in [0.2, 0.25) is 10.0 Å². The smallest absolute Gasteiger partial charge is 0.306 e. The van der Waals surface area contributed by atoms with Crippen molar-refractivity contribution in [3.63, 3.8) is 0 Å². The molecule has 30 heavy (non-hydrogen) atoms. The van der Waals surface area contributed by atoms with Gasteiger partial charge in [0.2, 0.25) is 0 Å². The number of esters is 1. The molecule has 0 aliphatic heterocycles. The molecule has 158 valence electrons. The van der Waals surface area contributed by atoms with Crippen molar-refractivity contribution < 1.29 is 19.1 Å². The number of aromatic nitrogens is 1. The van der Waals surface area contributed by atoms with Crippen molar-refractivity contribution in [1.82, 2.24) is 4.98 Å². The summed E-state index contributed by atoms with van der Waals surface area (Å²) in [5.74, 6) is -1.18. The minimum atomic E-state index is -0.622. The van der Waals surface area contributed by atoms with Gasteiger partial charge in [-0.15, -0.1) is 0 Å². The van der Waals surface area contributed by atoms with Gasteiger partial charge in [-0.2, -0.15) is 0 Å². The molecule has 0 saturated heterocycles. The molecule has 0 bridgehead atoms. The van der Waals surface area contributed by atoms with Gasteiger partial charge >= 0.3 is 5.97 Å². The Kier molecular flexibility index (Phi) is 7.45. The monoisotopic (exact) mass is 448 g/mol. The fourth-order valence-corrected chi connectivity index (χ4v) is 3.69. The van der Waals surface area contributed by atoms with E-state index in [0.717, 1.165) is 19.3 Å². The number of halogens is 2. The molecule has 2 aromatic rings. The van der Waals surface area contributed by atoms with Crippen LogP contribution in [0.15, 0.2) is 24.4 Å². The fraction of sp³-hybridized carbons (Fsp3) is 0.364. The van der Waals surface area contributed by atoms with Gasteiger partial charge in [0.25, 0.3) is 5.91 Å². The molecule has 0 fully saturated rings. The minimum absolute atomic E-state index is 0.0308. The van der Waals surface area contributed by atoms with Gasteiger partial charge in [-0.25, -0.2) is 4.98 Å². The van der Waals surface area contributed by atoms with E-state index in [1.54, 1.807) is 6.92 Å². The summed E-state index contributed by atoms with van der Waals surface area (Å²) in [7, 11) is 0. The second-order valence-electron chi connectivity index (χ2n) is 7.22. The van der Waals surface area contributed by atoms with Gasteiger partial charge in [0, 0.05) is 18.2 Å². The number of anilines is 1. The molecule has 0 unspecified atom stereocenters. The Bertz CT molecular complexity index is 991. The number of benzene rings is 1. The van der Waals surface area contributed by atoms with Crippen molar-refractivity contribution in [1.29, 1.82) is 0 Å². The molecule has 0 atom stereocenters. The number of hydrogen-bond acceptors (Lipinski definition) is 5. The molecule has 6 nitrogen and oxygen atoms in total. The average molecular weight is 449 g/mol. The zero-order valence-corrected chi connectivity index (χ0v) is 18.1. The van der Waals surface area contributed by atoms with Gasteiger partial charge in [0.15, 0.2) is 18.2 Å². The van der Waals surface area contributed by atoms with Crippen LogP contribution in [0, 0.1) is 6.92 Å². The molecule has 1 amide bonds. The summed E-state index contributed by atoms with van der Waals surface area (Å²) in [6, 6.07) is 5.75. The van der Waals surface area contributed by atoms with E-state index in [1.807, 2.05) is 18.2 Å². The number of pyridine rings is 1. The number of Topliss-reactive ketones (excluding diaryl/α,β-unsaturated/α-hetero) is 1. The summed E-state index contributed by atoms with van der Waals surface area (Å²) in [6.45, 7) is 1.20. The largest absolute Gasteiger partial charge is 0.456 e. The maximum absolute atomic E-state index is 12.4. The van der Waals surface area contributed by atoms with Crippen LogP contribution in [0.5, 0.6) is 0 Å². The second kappa shape index (κ2) is 10.0. The molecular weight excluding hydrogens is 427 g/mol. The molecular formula is C22H22Cl2N2O4. The standard InChI is InChI=1S/C22H22Cl2N2O4/c1-13-17(23)11-25-22(21(13)24)26-19(28)12-30-20(29)9-8-18(27)16-7-6-14-4-2-3-5-15(14)10-16/h6-7,10-11H,2-5,8-9,12H2,1H3,(H,25,26,28). The van der Waals surface area contributed by atoms with E-state index in [9.17, 15) is 14.4 Å². The normalized spacial score (nSPS) is 12.8. The summed E-state index contributed by atoms with van der Waals surface area (Å²) in [5.41, 5.74) is 3.71. The third-order valence-corrected chi connectivity index (χ3v) is 5.89. The SMILES string of the molecule is Cc1c(Cl)cnc(NC(=O)COC(=O)CCC(=O)c2ccc3c(c2)CCCC3)c1Cl. The zero-order valence-electron chi connectivity index (χ0n) is 16.6. The molecule has 1 aliphatic carbocycles. The molecule has 8 heteroatoms. The minimum Gasteiger partial charge on any atom is -0.456 e. The number of amides is 1. The molecule has 0 spiro atoms. The number of aryl methyl sites for hydroxylation is 2. The van der Waals surface area contributed by atoms with Gasteiger partial charge < -0.3 is 10.1 Å². The summed E-state index contributed by atoms with van der Waals surface area (Å²) >= 11 is 12.0. The lowest BCUT2D eigenvalue weighted by Gasteiger charge is -2.16. The van der Waals surface area contributed by atoms with E-state index >= 15 is 0 Å². The Labute approximate surface area is 184 Å². The highest BCUT2D eigenvalue weighted by Crippen LogP contribution is 2.28. The van der Waals surface area contributed by atoms with Crippen LogP contribution < -0.4 is 5.32 Å². The van der Waals surface area contributed by atoms with Crippen molar-refractivity contribution >= 4 is 46.7 Å². The summed E-state index contributed by atoms with van der Waals surface area (Å²) < 4.78 is 4.95. The molecule has 1 heterocycles. The molecule has 1 aliphatic rings. The molecule has 0 radical (unpaired) electrons. The molecule has 3 rings (SSSR count). The average Bonchev–Trinajstić information content (AvgIpc) is 2.76. The van der Waals surface area contributed by atoms with Crippen molar-refractivity contribution in [2.45, 2.75) is 45.4 Å². The third kappa shape index (κ3) is 5.58. The van der Waals surface area contributed by atoms with Crippen LogP contribution in [0.3, 0.4) is 0 Å². The van der Waals surface area contributed by atoms with E-state index in [1.165, 1.54) is 23.7 Å². The Morgan fingerprint density at radius 3 is 2.60 bits per heavy atom. The predicted molar refractivity (Wildman–Crippen MR) is 115 cm³/mol. The zero-order chi connectivity index (χ0) is 21.7. The van der Waals surface area contributed by atoms with Crippen LogP contribution in [-0.2, 0) is 27.2 Å². The van der Waals surface area contributed by atoms with Gasteiger partial charge in [-0.3, -0.25) is 14.4 Å². The van der Waals surface area contributed by atoms with Gasteiger partial charge in [-0.1, -0.05) is 35.3 Å². The maximum Gasteiger partial charge on any atom is 0.306 e. The highest BCUT2D eigenvalue weighted by Gasteiger charge is 2.16. The summed E-state index contributed by atoms with van der Waals surface area (Å²) in [5, 5.41) is 3.07. The lowest BCUT2D eigenvalue weighted by atomic mass is 9.89. The Hall–Kier alpha value is -2.44. The van der Waals surface area contributed by atoms with E-state index in [4.69, 9.17) is 27.9 Å². The first-order chi connectivity index (χ1) is 14.3. The first-order valence-electron chi connectivity index (χ1n) is 9.76. The van der Waals surface area contributed by atoms with Gasteiger partial charge in [0.05, 0.1) is 16.5 Å². The van der Waals surface area contributed by atoms with Crippen LogP contribution in [0.25, 0.3) is 0 Å². The van der Waals surface area contributed by atoms with Crippen molar-refractivity contribution in [3.8, 4) is 0 Å². The number of carbonyl (C=O) groups is 3. The molecule has 1 N–H and O–H groups in total. The number of ketones is 1. The first-order valence-corrected chi connectivity index (χ1v) is 10.5. The number of ether oxygens (including phenoxy) is 1. The number of fused-ring (bicyclic) bond motifs is 1. The number of hydrogen-bond donors (Lipinski definition) is 1. The fourth-order valence-electron chi connectivity index (χ4n) is 3.30. The number of rotatable bonds is 7. The van der Waals surface area contributed by atoms with E-state index in [0.29, 0.717) is 16.1 Å². The van der Waals surface area contributed by atoms with Crippen LogP contribution in [0.1, 0.15) is 52.7 Å². The number of nitrogens with zero attached hydrogens (tertiary/aromatic N) is 1. The van der Waals surface area contributed by atoms with Crippen LogP contribution >= 0.6 is 23.2 Å². The Balaban J connectivity index is 1.45. The van der Waals surface area contributed by atoms with Crippen molar-refractivity contribution in [3.05, 3.63) is 56.7 Å². The highest BCUT2D eigenvalue weighted by molar-refractivity contribution is 6.37. The number of nitrogens with one attached hydrogen (secondary N) is 1. The highest BCUT2D eigenvalue weighted by atomic mass is 35.5. The quantitative estimate of drug-likeness (QED) is 0.489. The van der Waals surface area contributed by atoms with Crippen LogP contribution in [-0.4, -0.2) is 29.3 Å². The second-order valence-corrected chi connectivity index (χ2v) is 8.00. The molecule has 0 saturated carbocycles. The lowest BCUT2D eigenvalue weighted by molar-refractivity contribution is -0.147. The Morgan fingerprint density at radius 1 is 1.10 bits per heavy atom. The molecule has 1 aromatic carbocycles. The van der Waals surface area contributed by atoms with Gasteiger partial charge in [0.1, 0.15) is 0 Å².